The number of nitrogens with zero attached hydrogens (tertiary/aromatic N) is 1. The van der Waals surface area contributed by atoms with Crippen LogP contribution in [-0.2, 0) is 16.3 Å². The summed E-state index contributed by atoms with van der Waals surface area (Å²) in [6.45, 7) is 1.99. The second-order valence-electron chi connectivity index (χ2n) is 5.19. The number of aromatic carboxylic acids is 1. The van der Waals surface area contributed by atoms with E-state index in [0.717, 1.165) is 6.26 Å². The lowest BCUT2D eigenvalue weighted by atomic mass is 10.1. The molecule has 24 heavy (non-hydrogen) atoms. The topological polar surface area (TPSA) is 113 Å². The summed E-state index contributed by atoms with van der Waals surface area (Å²) < 4.78 is 23.2. The van der Waals surface area contributed by atoms with Crippen molar-refractivity contribution in [2.75, 3.05) is 12.8 Å². The molecular formula is C15H16N2O5S2. The number of thiazole rings is 1. The van der Waals surface area contributed by atoms with Crippen LogP contribution in [0.25, 0.3) is 0 Å². The summed E-state index contributed by atoms with van der Waals surface area (Å²) in [7, 11) is -3.39. The number of carbonyl (C=O) groups is 2. The van der Waals surface area contributed by atoms with Crippen molar-refractivity contribution in [1.29, 1.82) is 0 Å². The summed E-state index contributed by atoms with van der Waals surface area (Å²) in [6, 6.07) is 4.40. The molecule has 0 atom stereocenters. The Kier molecular flexibility index (Phi) is 5.35. The van der Waals surface area contributed by atoms with E-state index in [4.69, 9.17) is 5.11 Å². The molecule has 2 N–H and O–H groups in total. The molecule has 1 aromatic carbocycles. The van der Waals surface area contributed by atoms with E-state index in [9.17, 15) is 18.0 Å². The number of hydrogen-bond donors (Lipinski definition) is 2. The highest BCUT2D eigenvalue weighted by Gasteiger charge is 2.14. The number of benzene rings is 1. The largest absolute Gasteiger partial charge is 0.476 e. The van der Waals surface area contributed by atoms with Crippen molar-refractivity contribution in [3.63, 3.8) is 0 Å². The van der Waals surface area contributed by atoms with Crippen molar-refractivity contribution >= 4 is 33.1 Å². The first-order chi connectivity index (χ1) is 11.2. The van der Waals surface area contributed by atoms with Gasteiger partial charge in [0.05, 0.1) is 9.90 Å². The van der Waals surface area contributed by atoms with E-state index < -0.39 is 15.8 Å². The SMILES string of the molecule is Cc1ccc(S(C)(=O)=O)cc1C(=O)NCCc1nc(C(=O)O)cs1. The predicted octanol–water partition coefficient (Wildman–Crippen LogP) is 1.53. The highest BCUT2D eigenvalue weighted by Crippen LogP contribution is 2.16. The molecule has 0 saturated heterocycles. The second-order valence-corrected chi connectivity index (χ2v) is 8.14. The highest BCUT2D eigenvalue weighted by atomic mass is 32.2. The minimum atomic E-state index is -3.39. The van der Waals surface area contributed by atoms with Gasteiger partial charge in [0, 0.05) is 30.2 Å². The molecule has 0 aliphatic heterocycles. The highest BCUT2D eigenvalue weighted by molar-refractivity contribution is 7.90. The average molecular weight is 368 g/mol. The number of amides is 1. The fraction of sp³-hybridized carbons (Fsp3) is 0.267. The summed E-state index contributed by atoms with van der Waals surface area (Å²) in [5, 5.41) is 13.5. The zero-order chi connectivity index (χ0) is 17.9. The molecule has 1 aromatic heterocycles. The third-order valence-electron chi connectivity index (χ3n) is 3.28. The van der Waals surface area contributed by atoms with Crippen LogP contribution in [0.4, 0.5) is 0 Å². The number of carbonyl (C=O) groups excluding carboxylic acids is 1. The minimum absolute atomic E-state index is 0.0157. The van der Waals surface area contributed by atoms with Crippen molar-refractivity contribution < 1.29 is 23.1 Å². The molecule has 128 valence electrons. The monoisotopic (exact) mass is 368 g/mol. The van der Waals surface area contributed by atoms with Gasteiger partial charge in [0.1, 0.15) is 0 Å². The molecule has 2 rings (SSSR count). The Morgan fingerprint density at radius 1 is 1.33 bits per heavy atom. The molecule has 1 amide bonds. The van der Waals surface area contributed by atoms with E-state index in [0.29, 0.717) is 22.6 Å². The zero-order valence-corrected chi connectivity index (χ0v) is 14.7. The molecule has 7 nitrogen and oxygen atoms in total. The van der Waals surface area contributed by atoms with Gasteiger partial charge in [-0.2, -0.15) is 0 Å². The van der Waals surface area contributed by atoms with Gasteiger partial charge >= 0.3 is 5.97 Å². The van der Waals surface area contributed by atoms with Crippen LogP contribution in [0.5, 0.6) is 0 Å². The Balaban J connectivity index is 2.03. The van der Waals surface area contributed by atoms with Crippen LogP contribution in [0, 0.1) is 6.92 Å². The maximum atomic E-state index is 12.2. The van der Waals surface area contributed by atoms with Gasteiger partial charge < -0.3 is 10.4 Å². The maximum absolute atomic E-state index is 12.2. The summed E-state index contributed by atoms with van der Waals surface area (Å²) in [6.07, 6.45) is 1.48. The van der Waals surface area contributed by atoms with Gasteiger partial charge in [-0.15, -0.1) is 11.3 Å². The van der Waals surface area contributed by atoms with Gasteiger partial charge in [0.15, 0.2) is 15.5 Å². The Morgan fingerprint density at radius 3 is 2.62 bits per heavy atom. The van der Waals surface area contributed by atoms with E-state index in [-0.39, 0.29) is 23.0 Å². The third-order valence-corrected chi connectivity index (χ3v) is 5.30. The Labute approximate surface area is 143 Å². The number of carboxylic acid groups (broad SMARTS) is 1. The molecule has 0 aliphatic carbocycles. The van der Waals surface area contributed by atoms with Crippen molar-refractivity contribution in [3.05, 3.63) is 45.4 Å². The first kappa shape index (κ1) is 18.1. The van der Waals surface area contributed by atoms with Crippen LogP contribution in [0.15, 0.2) is 28.5 Å². The first-order valence-electron chi connectivity index (χ1n) is 6.95. The predicted molar refractivity (Wildman–Crippen MR) is 89.4 cm³/mol. The molecule has 2 aromatic rings. The van der Waals surface area contributed by atoms with Crippen LogP contribution >= 0.6 is 11.3 Å². The van der Waals surface area contributed by atoms with Crippen molar-refractivity contribution in [1.82, 2.24) is 10.3 Å². The fourth-order valence-corrected chi connectivity index (χ4v) is 3.40. The molecule has 0 saturated carbocycles. The molecule has 0 unspecified atom stereocenters. The summed E-state index contributed by atoms with van der Waals surface area (Å²) in [4.78, 5) is 27.0. The second kappa shape index (κ2) is 7.10. The van der Waals surface area contributed by atoms with E-state index in [1.807, 2.05) is 0 Å². The number of nitrogens with one attached hydrogen (secondary N) is 1. The number of hydrogen-bond acceptors (Lipinski definition) is 6. The summed E-state index contributed by atoms with van der Waals surface area (Å²) in [5.41, 5.74) is 0.948. The van der Waals surface area contributed by atoms with Crippen molar-refractivity contribution in [3.8, 4) is 0 Å². The van der Waals surface area contributed by atoms with Gasteiger partial charge in [-0.1, -0.05) is 6.07 Å². The minimum Gasteiger partial charge on any atom is -0.476 e. The number of aryl methyl sites for hydroxylation is 1. The molecule has 0 fully saturated rings. The molecule has 0 radical (unpaired) electrons. The Morgan fingerprint density at radius 2 is 2.04 bits per heavy atom. The van der Waals surface area contributed by atoms with E-state index in [2.05, 4.69) is 10.3 Å². The van der Waals surface area contributed by atoms with Gasteiger partial charge in [-0.05, 0) is 24.6 Å². The molecule has 0 bridgehead atoms. The maximum Gasteiger partial charge on any atom is 0.355 e. The molecule has 0 aliphatic rings. The number of sulfone groups is 1. The van der Waals surface area contributed by atoms with Crippen LogP contribution in [0.2, 0.25) is 0 Å². The standard InChI is InChI=1S/C15H16N2O5S2/c1-9-3-4-10(24(2,21)22)7-11(9)14(18)16-6-5-13-17-12(8-23-13)15(19)20/h3-4,7-8H,5-6H2,1-2H3,(H,16,18)(H,19,20). The van der Waals surface area contributed by atoms with Gasteiger partial charge in [0.25, 0.3) is 5.91 Å². The van der Waals surface area contributed by atoms with Crippen molar-refractivity contribution in [2.45, 2.75) is 18.2 Å². The van der Waals surface area contributed by atoms with Crippen LogP contribution < -0.4 is 5.32 Å². The number of aromatic nitrogens is 1. The lowest BCUT2D eigenvalue weighted by molar-refractivity contribution is 0.0690. The van der Waals surface area contributed by atoms with Crippen LogP contribution in [-0.4, -0.2) is 43.2 Å². The van der Waals surface area contributed by atoms with Crippen LogP contribution in [0.3, 0.4) is 0 Å². The average Bonchev–Trinajstić information content (AvgIpc) is 2.95. The molecule has 1 heterocycles. The zero-order valence-electron chi connectivity index (χ0n) is 13.1. The molecule has 9 heteroatoms. The van der Waals surface area contributed by atoms with E-state index in [1.54, 1.807) is 13.0 Å². The lowest BCUT2D eigenvalue weighted by Crippen LogP contribution is -2.26. The summed E-state index contributed by atoms with van der Waals surface area (Å²) in [5.74, 6) is -1.47. The number of carboxylic acids is 1. The van der Waals surface area contributed by atoms with E-state index in [1.165, 1.54) is 28.8 Å². The quantitative estimate of drug-likeness (QED) is 0.799. The van der Waals surface area contributed by atoms with Gasteiger partial charge in [-0.3, -0.25) is 4.79 Å². The lowest BCUT2D eigenvalue weighted by Gasteiger charge is -2.08. The Bertz CT molecular complexity index is 887. The third kappa shape index (κ3) is 4.39. The van der Waals surface area contributed by atoms with Gasteiger partial charge in [-0.25, -0.2) is 18.2 Å². The van der Waals surface area contributed by atoms with Crippen LogP contribution in [0.1, 0.15) is 31.4 Å². The smallest absolute Gasteiger partial charge is 0.355 e. The molecular weight excluding hydrogens is 352 g/mol. The normalized spacial score (nSPS) is 11.2. The summed E-state index contributed by atoms with van der Waals surface area (Å²) >= 11 is 1.21. The molecule has 0 spiro atoms. The van der Waals surface area contributed by atoms with Gasteiger partial charge in [0.2, 0.25) is 0 Å². The van der Waals surface area contributed by atoms with Crippen molar-refractivity contribution in [2.24, 2.45) is 0 Å². The number of rotatable bonds is 6. The first-order valence-corrected chi connectivity index (χ1v) is 9.72. The Hall–Kier alpha value is -2.26. The van der Waals surface area contributed by atoms with E-state index >= 15 is 0 Å². The fourth-order valence-electron chi connectivity index (χ4n) is 1.98.